The van der Waals surface area contributed by atoms with Gasteiger partial charge in [0.25, 0.3) is 0 Å². The third-order valence-corrected chi connectivity index (χ3v) is 4.69. The van der Waals surface area contributed by atoms with Crippen molar-refractivity contribution in [2.24, 2.45) is 5.73 Å². The van der Waals surface area contributed by atoms with Gasteiger partial charge < -0.3 is 10.5 Å². The van der Waals surface area contributed by atoms with Crippen molar-refractivity contribution in [3.8, 4) is 10.6 Å². The number of benzene rings is 1. The quantitative estimate of drug-likeness (QED) is 0.935. The van der Waals surface area contributed by atoms with Crippen molar-refractivity contribution in [1.82, 2.24) is 4.98 Å². The van der Waals surface area contributed by atoms with Crippen LogP contribution in [0.25, 0.3) is 10.6 Å². The van der Waals surface area contributed by atoms with Crippen LogP contribution >= 0.6 is 27.3 Å². The third-order valence-electron chi connectivity index (χ3n) is 2.66. The summed E-state index contributed by atoms with van der Waals surface area (Å²) < 4.78 is 6.24. The number of methoxy groups -OCH3 is 1. The maximum Gasteiger partial charge on any atom is 0.124 e. The van der Waals surface area contributed by atoms with Crippen LogP contribution in [0.5, 0.6) is 0 Å². The lowest BCUT2D eigenvalue weighted by Gasteiger charge is -2.00. The fourth-order valence-corrected chi connectivity index (χ4v) is 2.96. The first-order chi connectivity index (χ1) is 8.65. The van der Waals surface area contributed by atoms with E-state index in [1.807, 2.05) is 0 Å². The molecule has 2 aromatic rings. The molecular weight excluding hydrogens is 312 g/mol. The average molecular weight is 327 g/mol. The van der Waals surface area contributed by atoms with Crippen LogP contribution in [0, 0.1) is 6.92 Å². The normalized spacial score (nSPS) is 10.9. The molecule has 0 saturated carbocycles. The molecule has 0 aliphatic rings. The molecule has 96 valence electrons. The molecule has 0 radical (unpaired) electrons. The van der Waals surface area contributed by atoms with Crippen LogP contribution in [0.15, 0.2) is 22.7 Å². The standard InChI is InChI=1S/C13H15BrN2OS/c1-8-3-4-9(5-10(8)14)13-16-11(7-17-2)12(6-15)18-13/h3-5H,6-7,15H2,1-2H3. The summed E-state index contributed by atoms with van der Waals surface area (Å²) in [6.45, 7) is 3.08. The summed E-state index contributed by atoms with van der Waals surface area (Å²) in [7, 11) is 1.67. The van der Waals surface area contributed by atoms with E-state index in [-0.39, 0.29) is 0 Å². The van der Waals surface area contributed by atoms with Crippen molar-refractivity contribution in [3.63, 3.8) is 0 Å². The molecule has 0 bridgehead atoms. The molecule has 0 atom stereocenters. The van der Waals surface area contributed by atoms with Crippen LogP contribution in [0.4, 0.5) is 0 Å². The van der Waals surface area contributed by atoms with Crippen molar-refractivity contribution < 1.29 is 4.74 Å². The molecule has 1 aromatic heterocycles. The Morgan fingerprint density at radius 2 is 2.22 bits per heavy atom. The van der Waals surface area contributed by atoms with Gasteiger partial charge in [-0.2, -0.15) is 0 Å². The topological polar surface area (TPSA) is 48.1 Å². The molecule has 0 aliphatic heterocycles. The fraction of sp³-hybridized carbons (Fsp3) is 0.308. The van der Waals surface area contributed by atoms with E-state index in [0.717, 1.165) is 25.6 Å². The zero-order chi connectivity index (χ0) is 13.1. The minimum atomic E-state index is 0.503. The summed E-state index contributed by atoms with van der Waals surface area (Å²) in [5.74, 6) is 0. The second-order valence-corrected chi connectivity index (χ2v) is 5.93. The molecular formula is C13H15BrN2OS. The van der Waals surface area contributed by atoms with E-state index in [0.29, 0.717) is 13.2 Å². The van der Waals surface area contributed by atoms with E-state index in [9.17, 15) is 0 Å². The lowest BCUT2D eigenvalue weighted by atomic mass is 10.2. The lowest BCUT2D eigenvalue weighted by molar-refractivity contribution is 0.181. The van der Waals surface area contributed by atoms with Gasteiger partial charge in [0.2, 0.25) is 0 Å². The molecule has 1 aromatic carbocycles. The maximum atomic E-state index is 5.73. The molecule has 0 saturated heterocycles. The lowest BCUT2D eigenvalue weighted by Crippen LogP contribution is -1.99. The Hall–Kier alpha value is -0.750. The number of nitrogens with two attached hydrogens (primary N) is 1. The van der Waals surface area contributed by atoms with Gasteiger partial charge in [-0.3, -0.25) is 0 Å². The highest BCUT2D eigenvalue weighted by atomic mass is 79.9. The molecule has 1 heterocycles. The highest BCUT2D eigenvalue weighted by Crippen LogP contribution is 2.31. The molecule has 0 spiro atoms. The Labute approximate surface area is 119 Å². The zero-order valence-electron chi connectivity index (χ0n) is 10.4. The molecule has 2 N–H and O–H groups in total. The van der Waals surface area contributed by atoms with Crippen molar-refractivity contribution in [2.45, 2.75) is 20.1 Å². The first-order valence-corrected chi connectivity index (χ1v) is 7.20. The van der Waals surface area contributed by atoms with Gasteiger partial charge in [0, 0.05) is 28.6 Å². The number of rotatable bonds is 4. The molecule has 5 heteroatoms. The van der Waals surface area contributed by atoms with Gasteiger partial charge in [-0.15, -0.1) is 11.3 Å². The second-order valence-electron chi connectivity index (χ2n) is 3.99. The maximum absolute atomic E-state index is 5.73. The number of halogens is 1. The molecule has 2 rings (SSSR count). The number of aromatic nitrogens is 1. The molecule has 0 aliphatic carbocycles. The summed E-state index contributed by atoms with van der Waals surface area (Å²) in [6, 6.07) is 6.25. The molecule has 0 amide bonds. The van der Waals surface area contributed by atoms with E-state index in [1.54, 1.807) is 18.4 Å². The smallest absolute Gasteiger partial charge is 0.124 e. The van der Waals surface area contributed by atoms with E-state index < -0.39 is 0 Å². The van der Waals surface area contributed by atoms with Gasteiger partial charge in [-0.1, -0.05) is 28.1 Å². The van der Waals surface area contributed by atoms with Gasteiger partial charge in [0.05, 0.1) is 12.3 Å². The second kappa shape index (κ2) is 5.93. The van der Waals surface area contributed by atoms with E-state index >= 15 is 0 Å². The van der Waals surface area contributed by atoms with Gasteiger partial charge in [-0.25, -0.2) is 4.98 Å². The third kappa shape index (κ3) is 2.80. The van der Waals surface area contributed by atoms with Crippen molar-refractivity contribution in [3.05, 3.63) is 38.8 Å². The minimum Gasteiger partial charge on any atom is -0.378 e. The van der Waals surface area contributed by atoms with Gasteiger partial charge in [-0.05, 0) is 18.6 Å². The summed E-state index contributed by atoms with van der Waals surface area (Å²) >= 11 is 5.17. The number of nitrogens with zero attached hydrogens (tertiary/aromatic N) is 1. The van der Waals surface area contributed by atoms with E-state index in [1.165, 1.54) is 5.56 Å². The van der Waals surface area contributed by atoms with E-state index in [2.05, 4.69) is 46.0 Å². The molecule has 18 heavy (non-hydrogen) atoms. The Morgan fingerprint density at radius 1 is 1.44 bits per heavy atom. The van der Waals surface area contributed by atoms with Crippen LogP contribution in [0.2, 0.25) is 0 Å². The molecule has 0 fully saturated rings. The fourth-order valence-electron chi connectivity index (χ4n) is 1.64. The number of aryl methyl sites for hydroxylation is 1. The summed E-state index contributed by atoms with van der Waals surface area (Å²) in [6.07, 6.45) is 0. The number of ether oxygens (including phenoxy) is 1. The minimum absolute atomic E-state index is 0.503. The first-order valence-electron chi connectivity index (χ1n) is 5.59. The monoisotopic (exact) mass is 326 g/mol. The zero-order valence-corrected chi connectivity index (χ0v) is 12.8. The predicted octanol–water partition coefficient (Wildman–Crippen LogP) is 3.49. The number of thiazole rings is 1. The van der Waals surface area contributed by atoms with Crippen molar-refractivity contribution in [2.75, 3.05) is 7.11 Å². The van der Waals surface area contributed by atoms with Crippen molar-refractivity contribution in [1.29, 1.82) is 0 Å². The molecule has 0 unspecified atom stereocenters. The highest BCUT2D eigenvalue weighted by molar-refractivity contribution is 9.10. The van der Waals surface area contributed by atoms with Crippen molar-refractivity contribution >= 4 is 27.3 Å². The summed E-state index contributed by atoms with van der Waals surface area (Å²) in [5, 5.41) is 0.989. The first kappa shape index (κ1) is 13.7. The summed E-state index contributed by atoms with van der Waals surface area (Å²) in [4.78, 5) is 5.69. The Morgan fingerprint density at radius 3 is 2.83 bits per heavy atom. The Balaban J connectivity index is 2.40. The largest absolute Gasteiger partial charge is 0.378 e. The van der Waals surface area contributed by atoms with Crippen LogP contribution in [0.3, 0.4) is 0 Å². The van der Waals surface area contributed by atoms with Crippen LogP contribution in [0.1, 0.15) is 16.1 Å². The Kier molecular flexibility index (Phi) is 4.50. The highest BCUT2D eigenvalue weighted by Gasteiger charge is 2.11. The predicted molar refractivity (Wildman–Crippen MR) is 78.6 cm³/mol. The SMILES string of the molecule is COCc1nc(-c2ccc(C)c(Br)c2)sc1CN. The molecule has 3 nitrogen and oxygen atoms in total. The van der Waals surface area contributed by atoms with Gasteiger partial charge in [0.15, 0.2) is 0 Å². The van der Waals surface area contributed by atoms with Crippen LogP contribution < -0.4 is 5.73 Å². The van der Waals surface area contributed by atoms with Crippen LogP contribution in [-0.2, 0) is 17.9 Å². The average Bonchev–Trinajstić information content (AvgIpc) is 2.76. The Bertz CT molecular complexity index is 554. The van der Waals surface area contributed by atoms with E-state index in [4.69, 9.17) is 10.5 Å². The number of hydrogen-bond donors (Lipinski definition) is 1. The van der Waals surface area contributed by atoms with Gasteiger partial charge in [0.1, 0.15) is 5.01 Å². The number of hydrogen-bond acceptors (Lipinski definition) is 4. The van der Waals surface area contributed by atoms with Gasteiger partial charge >= 0.3 is 0 Å². The van der Waals surface area contributed by atoms with Crippen LogP contribution in [-0.4, -0.2) is 12.1 Å². The summed E-state index contributed by atoms with van der Waals surface area (Å²) in [5.41, 5.74) is 8.99.